The lowest BCUT2D eigenvalue weighted by molar-refractivity contribution is 0.0601. The molecule has 1 heterocycles. The summed E-state index contributed by atoms with van der Waals surface area (Å²) < 4.78 is 4.84. The molecule has 2 N–H and O–H groups in total. The molecule has 2 rings (SSSR count). The molecule has 98 valence electrons. The van der Waals surface area contributed by atoms with Crippen LogP contribution in [0.4, 0.5) is 5.69 Å². The van der Waals surface area contributed by atoms with E-state index in [1.165, 1.54) is 7.11 Å². The van der Waals surface area contributed by atoms with Crippen LogP contribution in [0.2, 0.25) is 0 Å². The summed E-state index contributed by atoms with van der Waals surface area (Å²) in [5.41, 5.74) is 7.27. The number of carbonyl (C=O) groups excluding carboxylic acids is 1. The molecule has 0 radical (unpaired) electrons. The second-order valence-electron chi connectivity index (χ2n) is 4.58. The lowest BCUT2D eigenvalue weighted by atomic mass is 10.1. The average molecular weight is 248 g/mol. The van der Waals surface area contributed by atoms with Crippen molar-refractivity contribution in [2.45, 2.75) is 25.3 Å². The minimum atomic E-state index is -0.274. The molecule has 1 saturated heterocycles. The fourth-order valence-electron chi connectivity index (χ4n) is 2.65. The van der Waals surface area contributed by atoms with Crippen molar-refractivity contribution >= 4 is 11.7 Å². The number of esters is 1. The van der Waals surface area contributed by atoms with Crippen molar-refractivity contribution in [3.8, 4) is 0 Å². The average Bonchev–Trinajstić information content (AvgIpc) is 2.86. The largest absolute Gasteiger partial charge is 0.465 e. The van der Waals surface area contributed by atoms with Crippen molar-refractivity contribution in [3.63, 3.8) is 0 Å². The fraction of sp³-hybridized carbons (Fsp3) is 0.500. The Labute approximate surface area is 108 Å². The highest BCUT2D eigenvalue weighted by atomic mass is 16.5. The normalized spacial score (nSPS) is 19.0. The summed E-state index contributed by atoms with van der Waals surface area (Å²) in [6, 6.07) is 8.07. The number of benzene rings is 1. The lowest BCUT2D eigenvalue weighted by Gasteiger charge is -2.28. The molecule has 1 unspecified atom stereocenters. The molecular weight excluding hydrogens is 228 g/mol. The predicted molar refractivity (Wildman–Crippen MR) is 71.8 cm³/mol. The van der Waals surface area contributed by atoms with E-state index in [-0.39, 0.29) is 5.97 Å². The summed E-state index contributed by atoms with van der Waals surface area (Å²) in [7, 11) is 1.42. The number of nitrogens with two attached hydrogens (primary N) is 1. The van der Waals surface area contributed by atoms with Crippen molar-refractivity contribution in [2.75, 3.05) is 25.1 Å². The van der Waals surface area contributed by atoms with E-state index in [1.807, 2.05) is 24.3 Å². The molecule has 1 aliphatic heterocycles. The molecule has 0 aromatic heterocycles. The Morgan fingerprint density at radius 2 is 2.28 bits per heavy atom. The van der Waals surface area contributed by atoms with Crippen molar-refractivity contribution in [1.29, 1.82) is 0 Å². The molecule has 0 spiro atoms. The van der Waals surface area contributed by atoms with Gasteiger partial charge in [-0.25, -0.2) is 4.79 Å². The van der Waals surface area contributed by atoms with E-state index < -0.39 is 0 Å². The first kappa shape index (κ1) is 12.9. The van der Waals surface area contributed by atoms with Gasteiger partial charge in [-0.15, -0.1) is 0 Å². The van der Waals surface area contributed by atoms with E-state index in [0.717, 1.165) is 31.5 Å². The standard InChI is InChI=1S/C14H20N2O2/c1-18-14(17)12-6-2-3-7-13(12)16-10-4-5-11(16)8-9-15/h2-3,6-7,11H,4-5,8-10,15H2,1H3. The number of carbonyl (C=O) groups is 1. The zero-order valence-electron chi connectivity index (χ0n) is 10.8. The Bertz CT molecular complexity index is 420. The second kappa shape index (κ2) is 5.87. The summed E-state index contributed by atoms with van der Waals surface area (Å²) in [6.07, 6.45) is 3.27. The molecule has 1 fully saturated rings. The zero-order chi connectivity index (χ0) is 13.0. The van der Waals surface area contributed by atoms with Crippen LogP contribution < -0.4 is 10.6 Å². The van der Waals surface area contributed by atoms with Crippen LogP contribution in [0, 0.1) is 0 Å². The van der Waals surface area contributed by atoms with Gasteiger partial charge in [0.25, 0.3) is 0 Å². The van der Waals surface area contributed by atoms with Gasteiger partial charge in [-0.3, -0.25) is 0 Å². The third-order valence-corrected chi connectivity index (χ3v) is 3.50. The third kappa shape index (κ3) is 2.48. The van der Waals surface area contributed by atoms with E-state index in [0.29, 0.717) is 18.2 Å². The quantitative estimate of drug-likeness (QED) is 0.825. The number of para-hydroxylation sites is 1. The summed E-state index contributed by atoms with van der Waals surface area (Å²) in [6.45, 7) is 1.67. The number of rotatable bonds is 4. The molecule has 4 heteroatoms. The maximum Gasteiger partial charge on any atom is 0.339 e. The number of methoxy groups -OCH3 is 1. The zero-order valence-corrected chi connectivity index (χ0v) is 10.8. The molecule has 1 atom stereocenters. The Morgan fingerprint density at radius 3 is 3.00 bits per heavy atom. The summed E-state index contributed by atoms with van der Waals surface area (Å²) >= 11 is 0. The molecular formula is C14H20N2O2. The highest BCUT2D eigenvalue weighted by molar-refractivity contribution is 5.95. The van der Waals surface area contributed by atoms with Crippen LogP contribution in [0.25, 0.3) is 0 Å². The van der Waals surface area contributed by atoms with Crippen LogP contribution in [0.15, 0.2) is 24.3 Å². The Morgan fingerprint density at radius 1 is 1.50 bits per heavy atom. The van der Waals surface area contributed by atoms with Crippen molar-refractivity contribution in [1.82, 2.24) is 0 Å². The Kier molecular flexibility index (Phi) is 4.20. The molecule has 0 saturated carbocycles. The van der Waals surface area contributed by atoms with Gasteiger partial charge in [-0.05, 0) is 37.9 Å². The van der Waals surface area contributed by atoms with Crippen LogP contribution in [-0.2, 0) is 4.74 Å². The van der Waals surface area contributed by atoms with Gasteiger partial charge < -0.3 is 15.4 Å². The monoisotopic (exact) mass is 248 g/mol. The van der Waals surface area contributed by atoms with Crippen LogP contribution in [0.3, 0.4) is 0 Å². The number of hydrogen-bond donors (Lipinski definition) is 1. The molecule has 0 aliphatic carbocycles. The summed E-state index contributed by atoms with van der Waals surface area (Å²) in [4.78, 5) is 14.1. The summed E-state index contributed by atoms with van der Waals surface area (Å²) in [5.74, 6) is -0.274. The van der Waals surface area contributed by atoms with Gasteiger partial charge in [0.1, 0.15) is 0 Å². The van der Waals surface area contributed by atoms with Crippen LogP contribution in [0.5, 0.6) is 0 Å². The summed E-state index contributed by atoms with van der Waals surface area (Å²) in [5, 5.41) is 0. The first-order chi connectivity index (χ1) is 8.77. The number of ether oxygens (including phenoxy) is 1. The van der Waals surface area contributed by atoms with E-state index in [9.17, 15) is 4.79 Å². The number of hydrogen-bond acceptors (Lipinski definition) is 4. The Balaban J connectivity index is 2.29. The number of nitrogens with zero attached hydrogens (tertiary/aromatic N) is 1. The van der Waals surface area contributed by atoms with Crippen molar-refractivity contribution < 1.29 is 9.53 Å². The smallest absolute Gasteiger partial charge is 0.339 e. The maximum atomic E-state index is 11.8. The molecule has 1 aromatic carbocycles. The topological polar surface area (TPSA) is 55.6 Å². The molecule has 4 nitrogen and oxygen atoms in total. The molecule has 1 aromatic rings. The van der Waals surface area contributed by atoms with Gasteiger partial charge in [0, 0.05) is 12.6 Å². The van der Waals surface area contributed by atoms with Gasteiger partial charge in [0.2, 0.25) is 0 Å². The first-order valence-electron chi connectivity index (χ1n) is 6.42. The molecule has 1 aliphatic rings. The van der Waals surface area contributed by atoms with E-state index in [4.69, 9.17) is 10.5 Å². The lowest BCUT2D eigenvalue weighted by Crippen LogP contribution is -2.32. The van der Waals surface area contributed by atoms with Crippen LogP contribution in [0.1, 0.15) is 29.6 Å². The number of anilines is 1. The van der Waals surface area contributed by atoms with Gasteiger partial charge in [-0.2, -0.15) is 0 Å². The minimum absolute atomic E-state index is 0.274. The van der Waals surface area contributed by atoms with E-state index in [1.54, 1.807) is 0 Å². The third-order valence-electron chi connectivity index (χ3n) is 3.50. The van der Waals surface area contributed by atoms with E-state index in [2.05, 4.69) is 4.90 Å². The van der Waals surface area contributed by atoms with Gasteiger partial charge in [0.05, 0.1) is 18.4 Å². The van der Waals surface area contributed by atoms with Gasteiger partial charge >= 0.3 is 5.97 Å². The van der Waals surface area contributed by atoms with Crippen molar-refractivity contribution in [2.24, 2.45) is 5.73 Å². The van der Waals surface area contributed by atoms with Crippen molar-refractivity contribution in [3.05, 3.63) is 29.8 Å². The van der Waals surface area contributed by atoms with Crippen LogP contribution >= 0.6 is 0 Å². The van der Waals surface area contributed by atoms with Crippen LogP contribution in [-0.4, -0.2) is 32.2 Å². The molecule has 0 bridgehead atoms. The Hall–Kier alpha value is -1.55. The highest BCUT2D eigenvalue weighted by Gasteiger charge is 2.27. The maximum absolute atomic E-state index is 11.8. The molecule has 18 heavy (non-hydrogen) atoms. The highest BCUT2D eigenvalue weighted by Crippen LogP contribution is 2.30. The SMILES string of the molecule is COC(=O)c1ccccc1N1CCCC1CCN. The first-order valence-corrected chi connectivity index (χ1v) is 6.42. The van der Waals surface area contributed by atoms with Gasteiger partial charge in [0.15, 0.2) is 0 Å². The van der Waals surface area contributed by atoms with E-state index >= 15 is 0 Å². The predicted octanol–water partition coefficient (Wildman–Crippen LogP) is 1.79. The second-order valence-corrected chi connectivity index (χ2v) is 4.58. The molecule has 0 amide bonds. The minimum Gasteiger partial charge on any atom is -0.465 e. The fourth-order valence-corrected chi connectivity index (χ4v) is 2.65. The van der Waals surface area contributed by atoms with Gasteiger partial charge in [-0.1, -0.05) is 12.1 Å².